The molecule has 0 bridgehead atoms. The van der Waals surface area contributed by atoms with Gasteiger partial charge < -0.3 is 10.4 Å². The topological polar surface area (TPSA) is 79.3 Å². The van der Waals surface area contributed by atoms with E-state index in [9.17, 15) is 14.7 Å². The molecule has 0 aliphatic heterocycles. The van der Waals surface area contributed by atoms with E-state index in [1.54, 1.807) is 6.92 Å². The number of amides is 1. The monoisotopic (exact) mass is 312 g/mol. The molecule has 2 N–H and O–H groups in total. The first kappa shape index (κ1) is 17.6. The quantitative estimate of drug-likeness (QED) is 0.846. The van der Waals surface area contributed by atoms with Gasteiger partial charge in [0.15, 0.2) is 0 Å². The van der Waals surface area contributed by atoms with Crippen LogP contribution < -0.4 is 5.32 Å². The highest BCUT2D eigenvalue weighted by atomic mass is 32.1. The van der Waals surface area contributed by atoms with Crippen molar-refractivity contribution in [3.8, 4) is 0 Å². The van der Waals surface area contributed by atoms with Gasteiger partial charge in [-0.05, 0) is 13.3 Å². The average molecular weight is 312 g/mol. The van der Waals surface area contributed by atoms with Crippen LogP contribution in [0.4, 0.5) is 0 Å². The number of nitrogens with one attached hydrogen (secondary N) is 1. The Morgan fingerprint density at radius 3 is 2.38 bits per heavy atom. The van der Waals surface area contributed by atoms with Crippen LogP contribution in [0.5, 0.6) is 0 Å². The van der Waals surface area contributed by atoms with Gasteiger partial charge in [0.25, 0.3) is 0 Å². The number of aromatic nitrogens is 1. The maximum atomic E-state index is 12.1. The van der Waals surface area contributed by atoms with Crippen LogP contribution >= 0.6 is 11.3 Å². The van der Waals surface area contributed by atoms with Gasteiger partial charge in [-0.15, -0.1) is 11.3 Å². The highest BCUT2D eigenvalue weighted by molar-refractivity contribution is 7.09. The van der Waals surface area contributed by atoms with Crippen LogP contribution in [0.2, 0.25) is 0 Å². The van der Waals surface area contributed by atoms with Gasteiger partial charge in [0.2, 0.25) is 5.91 Å². The molecule has 0 spiro atoms. The summed E-state index contributed by atoms with van der Waals surface area (Å²) in [6, 6.07) is 0. The number of thiazole rings is 1. The lowest BCUT2D eigenvalue weighted by atomic mass is 9.96. The van der Waals surface area contributed by atoms with Crippen LogP contribution in [0, 0.1) is 0 Å². The fraction of sp³-hybridized carbons (Fsp3) is 0.667. The number of carbonyl (C=O) groups is 2. The fourth-order valence-corrected chi connectivity index (χ4v) is 2.88. The van der Waals surface area contributed by atoms with E-state index < -0.39 is 11.5 Å². The lowest BCUT2D eigenvalue weighted by molar-refractivity contribution is -0.147. The average Bonchev–Trinajstić information content (AvgIpc) is 2.76. The summed E-state index contributed by atoms with van der Waals surface area (Å²) in [6.07, 6.45) is 1.20. The summed E-state index contributed by atoms with van der Waals surface area (Å²) < 4.78 is 0. The SMILES string of the molecule is CCCC(C)(NC(=O)Cc1csc(C(C)(C)C)n1)C(=O)O. The summed E-state index contributed by atoms with van der Waals surface area (Å²) in [5, 5.41) is 14.7. The van der Waals surface area contributed by atoms with Gasteiger partial charge in [-0.25, -0.2) is 9.78 Å². The van der Waals surface area contributed by atoms with Crippen molar-refractivity contribution >= 4 is 23.2 Å². The Kier molecular flexibility index (Phi) is 5.50. The van der Waals surface area contributed by atoms with Gasteiger partial charge >= 0.3 is 5.97 Å². The summed E-state index contributed by atoms with van der Waals surface area (Å²) in [6.45, 7) is 9.64. The number of hydrogen-bond donors (Lipinski definition) is 2. The zero-order valence-corrected chi connectivity index (χ0v) is 14.1. The molecule has 6 heteroatoms. The van der Waals surface area contributed by atoms with Crippen molar-refractivity contribution in [2.45, 2.75) is 64.8 Å². The minimum absolute atomic E-state index is 0.0445. The summed E-state index contributed by atoms with van der Waals surface area (Å²) in [7, 11) is 0. The van der Waals surface area contributed by atoms with E-state index in [1.807, 2.05) is 12.3 Å². The second-order valence-corrected chi connectivity index (χ2v) is 7.36. The van der Waals surface area contributed by atoms with E-state index in [2.05, 4.69) is 31.1 Å². The molecule has 0 saturated heterocycles. The largest absolute Gasteiger partial charge is 0.480 e. The van der Waals surface area contributed by atoms with Gasteiger partial charge in [-0.1, -0.05) is 34.1 Å². The molecule has 5 nitrogen and oxygen atoms in total. The molecule has 1 aromatic rings. The molecule has 0 radical (unpaired) electrons. The summed E-state index contributed by atoms with van der Waals surface area (Å²) in [5.41, 5.74) is -0.571. The molecule has 0 aliphatic rings. The number of carboxylic acid groups (broad SMARTS) is 1. The van der Waals surface area contributed by atoms with Gasteiger partial charge in [-0.2, -0.15) is 0 Å². The predicted octanol–water partition coefficient (Wildman–Crippen LogP) is 2.74. The summed E-state index contributed by atoms with van der Waals surface area (Å²) in [5.74, 6) is -1.31. The zero-order chi connectivity index (χ0) is 16.3. The first-order valence-electron chi connectivity index (χ1n) is 7.08. The third-order valence-corrected chi connectivity index (χ3v) is 4.49. The Bertz CT molecular complexity index is 519. The molecule has 1 unspecified atom stereocenters. The maximum absolute atomic E-state index is 12.1. The van der Waals surface area contributed by atoms with Crippen molar-refractivity contribution in [1.29, 1.82) is 0 Å². The molecule has 1 rings (SSSR count). The second-order valence-electron chi connectivity index (χ2n) is 6.51. The first-order valence-corrected chi connectivity index (χ1v) is 7.95. The smallest absolute Gasteiger partial charge is 0.329 e. The standard InChI is InChI=1S/C15H24N2O3S/c1-6-7-15(5,13(19)20)17-11(18)8-10-9-21-12(16-10)14(2,3)4/h9H,6-8H2,1-5H3,(H,17,18)(H,19,20). The van der Waals surface area contributed by atoms with E-state index in [0.717, 1.165) is 5.01 Å². The number of carboxylic acids is 1. The molecular weight excluding hydrogens is 288 g/mol. The van der Waals surface area contributed by atoms with E-state index in [-0.39, 0.29) is 17.7 Å². The molecular formula is C15H24N2O3S. The Morgan fingerprint density at radius 2 is 1.95 bits per heavy atom. The van der Waals surface area contributed by atoms with Gasteiger partial charge in [0.1, 0.15) is 5.54 Å². The minimum atomic E-state index is -1.21. The number of hydrogen-bond acceptors (Lipinski definition) is 4. The Labute approximate surface area is 129 Å². The number of rotatable bonds is 6. The molecule has 0 aromatic carbocycles. The molecule has 0 aliphatic carbocycles. The Balaban J connectivity index is 2.73. The third-order valence-electron chi connectivity index (χ3n) is 3.17. The highest BCUT2D eigenvalue weighted by Crippen LogP contribution is 2.25. The van der Waals surface area contributed by atoms with Crippen molar-refractivity contribution < 1.29 is 14.7 Å². The molecule has 21 heavy (non-hydrogen) atoms. The van der Waals surface area contributed by atoms with Crippen molar-refractivity contribution in [1.82, 2.24) is 10.3 Å². The Hall–Kier alpha value is -1.43. The normalized spacial score (nSPS) is 14.5. The van der Waals surface area contributed by atoms with Gasteiger partial charge in [0.05, 0.1) is 17.1 Å². The lowest BCUT2D eigenvalue weighted by Gasteiger charge is -2.25. The van der Waals surface area contributed by atoms with E-state index in [1.165, 1.54) is 11.3 Å². The van der Waals surface area contributed by atoms with Gasteiger partial charge in [-0.3, -0.25) is 4.79 Å². The molecule has 1 amide bonds. The molecule has 1 aromatic heterocycles. The van der Waals surface area contributed by atoms with Gasteiger partial charge in [0, 0.05) is 10.8 Å². The highest BCUT2D eigenvalue weighted by Gasteiger charge is 2.33. The molecule has 0 saturated carbocycles. The Morgan fingerprint density at radius 1 is 1.33 bits per heavy atom. The maximum Gasteiger partial charge on any atom is 0.329 e. The molecule has 0 fully saturated rings. The predicted molar refractivity (Wildman–Crippen MR) is 83.6 cm³/mol. The van der Waals surface area contributed by atoms with Crippen LogP contribution in [-0.2, 0) is 21.4 Å². The van der Waals surface area contributed by atoms with Crippen LogP contribution in [0.3, 0.4) is 0 Å². The van der Waals surface area contributed by atoms with Crippen LogP contribution in [0.25, 0.3) is 0 Å². The zero-order valence-electron chi connectivity index (χ0n) is 13.3. The molecule has 118 valence electrons. The summed E-state index contributed by atoms with van der Waals surface area (Å²) in [4.78, 5) is 27.8. The molecule has 1 heterocycles. The van der Waals surface area contributed by atoms with Crippen LogP contribution in [0.15, 0.2) is 5.38 Å². The van der Waals surface area contributed by atoms with Crippen molar-refractivity contribution in [2.24, 2.45) is 0 Å². The third kappa shape index (κ3) is 4.81. The lowest BCUT2D eigenvalue weighted by Crippen LogP contribution is -2.52. The van der Waals surface area contributed by atoms with Crippen molar-refractivity contribution in [2.75, 3.05) is 0 Å². The van der Waals surface area contributed by atoms with E-state index in [0.29, 0.717) is 18.5 Å². The summed E-state index contributed by atoms with van der Waals surface area (Å²) >= 11 is 1.53. The van der Waals surface area contributed by atoms with E-state index >= 15 is 0 Å². The van der Waals surface area contributed by atoms with Crippen molar-refractivity contribution in [3.05, 3.63) is 16.1 Å². The number of carbonyl (C=O) groups excluding carboxylic acids is 1. The number of aliphatic carboxylic acids is 1. The van der Waals surface area contributed by atoms with Crippen LogP contribution in [-0.4, -0.2) is 27.5 Å². The van der Waals surface area contributed by atoms with E-state index in [4.69, 9.17) is 0 Å². The molecule has 1 atom stereocenters. The minimum Gasteiger partial charge on any atom is -0.480 e. The number of nitrogens with zero attached hydrogens (tertiary/aromatic N) is 1. The fourth-order valence-electron chi connectivity index (χ4n) is 1.97. The van der Waals surface area contributed by atoms with Crippen LogP contribution in [0.1, 0.15) is 58.2 Å². The first-order chi connectivity index (χ1) is 9.58. The second kappa shape index (κ2) is 6.56. The van der Waals surface area contributed by atoms with Crippen molar-refractivity contribution in [3.63, 3.8) is 0 Å².